The number of aliphatic hydroxyl groups excluding tert-OH is 1. The van der Waals surface area contributed by atoms with Crippen molar-refractivity contribution in [2.75, 3.05) is 20.3 Å². The molecule has 2 atom stereocenters. The number of aliphatic hydroxyl groups is 1. The zero-order valence-electron chi connectivity index (χ0n) is 25.8. The number of nitrogens with zero attached hydrogens (tertiary/aromatic N) is 1. The summed E-state index contributed by atoms with van der Waals surface area (Å²) in [6.45, 7) is 7.47. The van der Waals surface area contributed by atoms with Crippen LogP contribution in [0.5, 0.6) is 17.2 Å². The number of hydrogen-bond acceptors (Lipinski definition) is 9. The lowest BCUT2D eigenvalue weighted by Gasteiger charge is -2.28. The maximum Gasteiger partial charge on any atom is 0.337 e. The van der Waals surface area contributed by atoms with Crippen LogP contribution in [-0.4, -0.2) is 49.9 Å². The fourth-order valence-corrected chi connectivity index (χ4v) is 4.73. The van der Waals surface area contributed by atoms with Gasteiger partial charge in [0, 0.05) is 11.3 Å². The van der Waals surface area contributed by atoms with Gasteiger partial charge in [-0.25, -0.2) is 14.0 Å². The highest BCUT2D eigenvalue weighted by atomic mass is 19.1. The van der Waals surface area contributed by atoms with E-state index in [-0.39, 0.29) is 24.6 Å². The summed E-state index contributed by atoms with van der Waals surface area (Å²) in [6.07, 6.45) is 2.65. The first kappa shape index (κ1) is 33.5. The number of ether oxygens (including phenoxy) is 4. The predicted molar refractivity (Wildman–Crippen MR) is 170 cm³/mol. The smallest absolute Gasteiger partial charge is 0.337 e. The van der Waals surface area contributed by atoms with Gasteiger partial charge in [-0.3, -0.25) is 5.43 Å². The third-order valence-corrected chi connectivity index (χ3v) is 6.90. The molecular formula is C34H37FN4O7. The van der Waals surface area contributed by atoms with Gasteiger partial charge in [-0.15, -0.1) is 6.58 Å². The molecule has 0 aliphatic carbocycles. The molecule has 11 nitrogen and oxygen atoms in total. The van der Waals surface area contributed by atoms with E-state index in [1.54, 1.807) is 74.7 Å². The van der Waals surface area contributed by atoms with Crippen molar-refractivity contribution < 1.29 is 38.0 Å². The quantitative estimate of drug-likeness (QED) is 0.0624. The average Bonchev–Trinajstić information content (AvgIpc) is 3.04. The van der Waals surface area contributed by atoms with Crippen LogP contribution in [0.1, 0.15) is 42.1 Å². The Morgan fingerprint density at radius 3 is 2.61 bits per heavy atom. The molecule has 12 heteroatoms. The number of rotatable bonds is 15. The van der Waals surface area contributed by atoms with Crippen LogP contribution in [0.2, 0.25) is 0 Å². The molecule has 0 bridgehead atoms. The molecule has 0 aromatic heterocycles. The van der Waals surface area contributed by atoms with E-state index in [9.17, 15) is 19.1 Å². The molecule has 3 aromatic rings. The lowest BCUT2D eigenvalue weighted by molar-refractivity contribution is -0.136. The first-order chi connectivity index (χ1) is 22.2. The highest BCUT2D eigenvalue weighted by Crippen LogP contribution is 2.35. The number of benzene rings is 3. The van der Waals surface area contributed by atoms with E-state index in [0.29, 0.717) is 47.1 Å². The van der Waals surface area contributed by atoms with Gasteiger partial charge in [0.2, 0.25) is 0 Å². The Kier molecular flexibility index (Phi) is 11.7. The molecule has 0 saturated carbocycles. The number of carbonyl (C=O) groups is 2. The number of methoxy groups -OCH3 is 1. The van der Waals surface area contributed by atoms with Crippen LogP contribution in [0.15, 0.2) is 89.7 Å². The van der Waals surface area contributed by atoms with Gasteiger partial charge in [-0.1, -0.05) is 30.3 Å². The summed E-state index contributed by atoms with van der Waals surface area (Å²) < 4.78 is 36.3. The summed E-state index contributed by atoms with van der Waals surface area (Å²) in [5.74, 6) is 0.399. The lowest BCUT2D eigenvalue weighted by atomic mass is 9.95. The van der Waals surface area contributed by atoms with Crippen molar-refractivity contribution >= 4 is 18.2 Å². The number of carbonyl (C=O) groups excluding carboxylic acids is 2. The van der Waals surface area contributed by atoms with Gasteiger partial charge in [0.05, 0.1) is 31.5 Å². The van der Waals surface area contributed by atoms with Crippen molar-refractivity contribution in [2.24, 2.45) is 5.10 Å². The topological polar surface area (TPSA) is 140 Å². The molecule has 242 valence electrons. The number of esters is 1. The Balaban J connectivity index is 1.38. The minimum absolute atomic E-state index is 0.0889. The molecule has 4 N–H and O–H groups in total. The number of urea groups is 1. The normalized spacial score (nSPS) is 15.1. The summed E-state index contributed by atoms with van der Waals surface area (Å²) in [4.78, 5) is 24.6. The molecule has 2 amide bonds. The largest absolute Gasteiger partial charge is 0.490 e. The van der Waals surface area contributed by atoms with E-state index in [2.05, 4.69) is 27.7 Å². The van der Waals surface area contributed by atoms with Crippen LogP contribution in [0.4, 0.5) is 9.18 Å². The molecule has 0 fully saturated rings. The molecule has 0 spiro atoms. The van der Waals surface area contributed by atoms with Crippen LogP contribution in [0.25, 0.3) is 0 Å². The second-order valence-corrected chi connectivity index (χ2v) is 10.2. The van der Waals surface area contributed by atoms with Crippen molar-refractivity contribution in [3.63, 3.8) is 0 Å². The Labute approximate surface area is 266 Å². The van der Waals surface area contributed by atoms with Gasteiger partial charge in [0.15, 0.2) is 17.7 Å². The van der Waals surface area contributed by atoms with E-state index in [4.69, 9.17) is 18.9 Å². The lowest BCUT2D eigenvalue weighted by Crippen LogP contribution is -2.45. The Hall–Kier alpha value is -5.36. The minimum atomic E-state index is -1.17. The number of nitrogens with one attached hydrogen (secondary N) is 3. The Morgan fingerprint density at radius 2 is 1.87 bits per heavy atom. The second kappa shape index (κ2) is 16.1. The van der Waals surface area contributed by atoms with Gasteiger partial charge in [0.25, 0.3) is 0 Å². The molecular weight excluding hydrogens is 595 g/mol. The highest BCUT2D eigenvalue weighted by Gasteiger charge is 2.32. The van der Waals surface area contributed by atoms with Crippen LogP contribution < -0.4 is 30.3 Å². The average molecular weight is 633 g/mol. The standard InChI is InChI=1S/C34H37FN4O7/c1-5-9-23-16-22(12-14-27(23)45-19-25-10-7-8-11-26(25)35)18-36-39-30(40)20-46-28-15-13-24(17-29(28)44-6-2)32-31(33(41)43-4)21(3)37-34(42)38-32/h5,7-8,10-18,30,32,39-40H,1,6,9,19-20H2,2-4H3,(H2,37,38,42)/b36-18-/t30-,32-/m1/s1. The Morgan fingerprint density at radius 1 is 1.09 bits per heavy atom. The highest BCUT2D eigenvalue weighted by molar-refractivity contribution is 5.95. The van der Waals surface area contributed by atoms with Gasteiger partial charge in [-0.2, -0.15) is 5.10 Å². The summed E-state index contributed by atoms with van der Waals surface area (Å²) in [5.41, 5.74) is 5.89. The second-order valence-electron chi connectivity index (χ2n) is 10.2. The van der Waals surface area contributed by atoms with E-state index in [0.717, 1.165) is 11.1 Å². The molecule has 0 unspecified atom stereocenters. The van der Waals surface area contributed by atoms with Crippen molar-refractivity contribution in [3.8, 4) is 17.2 Å². The molecule has 1 heterocycles. The molecule has 0 radical (unpaired) electrons. The monoisotopic (exact) mass is 632 g/mol. The molecule has 3 aromatic carbocycles. The van der Waals surface area contributed by atoms with Crippen LogP contribution in [0, 0.1) is 5.82 Å². The van der Waals surface area contributed by atoms with E-state index in [1.807, 2.05) is 6.07 Å². The molecule has 1 aliphatic rings. The first-order valence-corrected chi connectivity index (χ1v) is 14.6. The zero-order chi connectivity index (χ0) is 33.1. The fraction of sp³-hybridized carbons (Fsp3) is 0.265. The van der Waals surface area contributed by atoms with E-state index in [1.165, 1.54) is 13.2 Å². The van der Waals surface area contributed by atoms with Crippen LogP contribution in [-0.2, 0) is 22.6 Å². The minimum Gasteiger partial charge on any atom is -0.490 e. The molecule has 1 aliphatic heterocycles. The van der Waals surface area contributed by atoms with Crippen molar-refractivity contribution in [2.45, 2.75) is 39.1 Å². The third-order valence-electron chi connectivity index (χ3n) is 6.90. The predicted octanol–water partition coefficient (Wildman–Crippen LogP) is 4.65. The summed E-state index contributed by atoms with van der Waals surface area (Å²) in [5, 5.41) is 19.9. The third kappa shape index (κ3) is 8.63. The maximum atomic E-state index is 14.0. The Bertz CT molecular complexity index is 1620. The van der Waals surface area contributed by atoms with Crippen LogP contribution in [0.3, 0.4) is 0 Å². The van der Waals surface area contributed by atoms with Gasteiger partial charge in [-0.05, 0) is 73.4 Å². The summed E-state index contributed by atoms with van der Waals surface area (Å²) >= 11 is 0. The number of halogens is 1. The van der Waals surface area contributed by atoms with Gasteiger partial charge >= 0.3 is 12.0 Å². The van der Waals surface area contributed by atoms with Gasteiger partial charge in [0.1, 0.15) is 24.8 Å². The number of hydrazone groups is 1. The molecule has 0 saturated heterocycles. The van der Waals surface area contributed by atoms with E-state index >= 15 is 0 Å². The number of allylic oxidation sites excluding steroid dienone is 2. The first-order valence-electron chi connectivity index (χ1n) is 14.6. The molecule has 46 heavy (non-hydrogen) atoms. The van der Waals surface area contributed by atoms with Crippen molar-refractivity contribution in [1.82, 2.24) is 16.1 Å². The van der Waals surface area contributed by atoms with Crippen molar-refractivity contribution in [1.29, 1.82) is 0 Å². The number of amides is 2. The maximum absolute atomic E-state index is 14.0. The van der Waals surface area contributed by atoms with E-state index < -0.39 is 24.3 Å². The summed E-state index contributed by atoms with van der Waals surface area (Å²) in [7, 11) is 1.27. The molecule has 4 rings (SSSR count). The van der Waals surface area contributed by atoms with Crippen molar-refractivity contribution in [3.05, 3.63) is 113 Å². The number of hydrogen-bond donors (Lipinski definition) is 4. The fourth-order valence-electron chi connectivity index (χ4n) is 4.73. The van der Waals surface area contributed by atoms with Gasteiger partial charge < -0.3 is 34.7 Å². The zero-order valence-corrected chi connectivity index (χ0v) is 25.8. The summed E-state index contributed by atoms with van der Waals surface area (Å²) in [6, 6.07) is 15.6. The SMILES string of the molecule is C=CCc1cc(/C=N\N[C@H](O)COc2ccc([C@H]3NC(=O)NC(C)=C3C(=O)OC)cc2OCC)ccc1OCc1ccccc1F. The van der Waals surface area contributed by atoms with Crippen LogP contribution >= 0.6 is 0 Å².